The third kappa shape index (κ3) is 5.26. The quantitative estimate of drug-likeness (QED) is 0.316. The van der Waals surface area contributed by atoms with Crippen LogP contribution in [0.15, 0.2) is 41.3 Å². The third-order valence-corrected chi connectivity index (χ3v) is 4.62. The molecule has 1 N–H and O–H groups in total. The van der Waals surface area contributed by atoms with E-state index in [1.54, 1.807) is 19.9 Å². The average molecular weight is 410 g/mol. The predicted molar refractivity (Wildman–Crippen MR) is 99.8 cm³/mol. The van der Waals surface area contributed by atoms with Crippen LogP contribution in [0.3, 0.4) is 0 Å². The van der Waals surface area contributed by atoms with Gasteiger partial charge in [-0.05, 0) is 37.1 Å². The van der Waals surface area contributed by atoms with Gasteiger partial charge in [0, 0.05) is 11.0 Å². The van der Waals surface area contributed by atoms with Crippen molar-refractivity contribution < 1.29 is 28.0 Å². The summed E-state index contributed by atoms with van der Waals surface area (Å²) >= 11 is 0.189. The summed E-state index contributed by atoms with van der Waals surface area (Å²) in [5, 5.41) is 13.5. The van der Waals surface area contributed by atoms with E-state index in [1.807, 2.05) is 0 Å². The van der Waals surface area contributed by atoms with Crippen LogP contribution in [0.25, 0.3) is 0 Å². The maximum atomic E-state index is 12.6. The van der Waals surface area contributed by atoms with Crippen molar-refractivity contribution in [3.05, 3.63) is 63.2 Å². The van der Waals surface area contributed by atoms with Crippen LogP contribution >= 0.6 is 11.8 Å². The Morgan fingerprint density at radius 2 is 1.89 bits per heavy atom. The van der Waals surface area contributed by atoms with Gasteiger partial charge in [-0.25, -0.2) is 4.79 Å². The van der Waals surface area contributed by atoms with Gasteiger partial charge in [-0.1, -0.05) is 30.0 Å². The smallest absolute Gasteiger partial charge is 0.339 e. The third-order valence-electron chi connectivity index (χ3n) is 3.83. The summed E-state index contributed by atoms with van der Waals surface area (Å²) in [5.41, 5.74) is 0.864. The van der Waals surface area contributed by atoms with E-state index in [1.165, 1.54) is 30.3 Å². The highest BCUT2D eigenvalue weighted by molar-refractivity contribution is 7.99. The molecule has 0 bridgehead atoms. The van der Waals surface area contributed by atoms with E-state index >= 15 is 0 Å². The maximum Gasteiger partial charge on any atom is 0.339 e. The lowest BCUT2D eigenvalue weighted by Crippen LogP contribution is -2.22. The number of carbonyl (C=O) groups is 2. The molecule has 1 amide bonds. The van der Waals surface area contributed by atoms with Crippen molar-refractivity contribution in [1.29, 1.82) is 0 Å². The molecule has 0 atom stereocenters. The Hall–Kier alpha value is -3.01. The van der Waals surface area contributed by atoms with Crippen molar-refractivity contribution in [2.45, 2.75) is 24.5 Å². The maximum absolute atomic E-state index is 12.6. The summed E-state index contributed by atoms with van der Waals surface area (Å²) in [4.78, 5) is 34.8. The van der Waals surface area contributed by atoms with Crippen molar-refractivity contribution in [3.8, 4) is 0 Å². The van der Waals surface area contributed by atoms with Crippen LogP contribution in [-0.2, 0) is 9.53 Å². The molecule has 0 aliphatic carbocycles. The first kappa shape index (κ1) is 21.3. The number of hydrogen-bond donors (Lipinski definition) is 1. The van der Waals surface area contributed by atoms with Crippen molar-refractivity contribution >= 4 is 35.0 Å². The van der Waals surface area contributed by atoms with Crippen LogP contribution in [0, 0.1) is 24.0 Å². The van der Waals surface area contributed by atoms with Gasteiger partial charge in [0.05, 0.1) is 10.5 Å². The number of nitro benzene ring substituents is 1. The first-order chi connectivity index (χ1) is 13.2. The molecule has 0 fully saturated rings. The molecule has 2 aromatic carbocycles. The number of halogens is 2. The molecule has 148 valence electrons. The molecule has 2 rings (SSSR count). The van der Waals surface area contributed by atoms with Crippen molar-refractivity contribution in [1.82, 2.24) is 0 Å². The minimum Gasteiger partial charge on any atom is -0.452 e. The van der Waals surface area contributed by atoms with E-state index in [0.717, 1.165) is 5.56 Å². The van der Waals surface area contributed by atoms with Crippen LogP contribution in [0.1, 0.15) is 21.5 Å². The summed E-state index contributed by atoms with van der Waals surface area (Å²) in [6, 6.07) is 8.44. The van der Waals surface area contributed by atoms with E-state index in [0.29, 0.717) is 5.56 Å². The van der Waals surface area contributed by atoms with Gasteiger partial charge < -0.3 is 10.1 Å². The van der Waals surface area contributed by atoms with E-state index in [4.69, 9.17) is 4.74 Å². The van der Waals surface area contributed by atoms with Crippen molar-refractivity contribution in [2.24, 2.45) is 0 Å². The monoisotopic (exact) mass is 410 g/mol. The molecule has 2 aromatic rings. The van der Waals surface area contributed by atoms with Gasteiger partial charge in [0.15, 0.2) is 6.61 Å². The Bertz CT molecular complexity index is 921. The largest absolute Gasteiger partial charge is 0.452 e. The van der Waals surface area contributed by atoms with Gasteiger partial charge in [0.25, 0.3) is 17.4 Å². The molecule has 0 aromatic heterocycles. The number of nitro groups is 1. The summed E-state index contributed by atoms with van der Waals surface area (Å²) in [6.45, 7) is 2.62. The number of thioether (sulfide) groups is 1. The fourth-order valence-electron chi connectivity index (χ4n) is 2.33. The fourth-order valence-corrected chi connectivity index (χ4v) is 2.96. The highest BCUT2D eigenvalue weighted by Crippen LogP contribution is 2.30. The van der Waals surface area contributed by atoms with Gasteiger partial charge in [-0.2, -0.15) is 8.78 Å². The molecular formula is C18H16F2N2O5S. The van der Waals surface area contributed by atoms with Gasteiger partial charge in [-0.3, -0.25) is 14.9 Å². The number of ether oxygens (including phenoxy) is 1. The molecule has 10 heteroatoms. The Morgan fingerprint density at radius 3 is 2.54 bits per heavy atom. The van der Waals surface area contributed by atoms with Gasteiger partial charge in [0.1, 0.15) is 5.69 Å². The molecule has 28 heavy (non-hydrogen) atoms. The summed E-state index contributed by atoms with van der Waals surface area (Å²) in [5.74, 6) is -4.46. The van der Waals surface area contributed by atoms with Gasteiger partial charge in [0.2, 0.25) is 0 Å². The van der Waals surface area contributed by atoms with Crippen LogP contribution in [-0.4, -0.2) is 29.2 Å². The number of benzene rings is 2. The number of esters is 1. The van der Waals surface area contributed by atoms with E-state index in [9.17, 15) is 28.5 Å². The normalized spacial score (nSPS) is 10.6. The predicted octanol–water partition coefficient (Wildman–Crippen LogP) is 4.32. The van der Waals surface area contributed by atoms with Crippen LogP contribution in [0.4, 0.5) is 20.2 Å². The SMILES string of the molecule is Cc1ccc([N+](=O)[O-])c(NC(=O)COC(=O)c2ccccc2SC(F)F)c1C. The van der Waals surface area contributed by atoms with E-state index in [2.05, 4.69) is 5.32 Å². The highest BCUT2D eigenvalue weighted by Gasteiger charge is 2.21. The summed E-state index contributed by atoms with van der Waals surface area (Å²) < 4.78 is 30.0. The molecule has 7 nitrogen and oxygen atoms in total. The van der Waals surface area contributed by atoms with Crippen LogP contribution in [0.2, 0.25) is 0 Å². The molecule has 0 radical (unpaired) electrons. The van der Waals surface area contributed by atoms with Crippen LogP contribution < -0.4 is 5.32 Å². The molecule has 0 saturated carbocycles. The van der Waals surface area contributed by atoms with Crippen molar-refractivity contribution in [3.63, 3.8) is 0 Å². The summed E-state index contributed by atoms with van der Waals surface area (Å²) in [6.07, 6.45) is 0. The number of carbonyl (C=O) groups excluding carboxylic acids is 2. The number of nitrogens with one attached hydrogen (secondary N) is 1. The molecule has 0 saturated heterocycles. The zero-order chi connectivity index (χ0) is 20.8. The topological polar surface area (TPSA) is 98.5 Å². The first-order valence-electron chi connectivity index (χ1n) is 7.96. The molecule has 0 aliphatic rings. The standard InChI is InChI=1S/C18H16F2N2O5S/c1-10-7-8-13(22(25)26)16(11(10)2)21-15(23)9-27-17(24)12-5-3-4-6-14(12)28-18(19)20/h3-8,18H,9H2,1-2H3,(H,21,23). The van der Waals surface area contributed by atoms with Crippen molar-refractivity contribution in [2.75, 3.05) is 11.9 Å². The molecule has 0 aliphatic heterocycles. The second kappa shape index (κ2) is 9.27. The first-order valence-corrected chi connectivity index (χ1v) is 8.84. The number of hydrogen-bond acceptors (Lipinski definition) is 6. The van der Waals surface area contributed by atoms with Gasteiger partial charge >= 0.3 is 5.97 Å². The Morgan fingerprint density at radius 1 is 1.21 bits per heavy atom. The summed E-state index contributed by atoms with van der Waals surface area (Å²) in [7, 11) is 0. The zero-order valence-corrected chi connectivity index (χ0v) is 15.7. The lowest BCUT2D eigenvalue weighted by Gasteiger charge is -2.12. The second-order valence-electron chi connectivity index (χ2n) is 5.66. The Balaban J connectivity index is 2.09. The Labute approximate surface area is 163 Å². The number of rotatable bonds is 7. The minimum absolute atomic E-state index is 0.0136. The Kier molecular flexibility index (Phi) is 7.05. The lowest BCUT2D eigenvalue weighted by molar-refractivity contribution is -0.384. The number of alkyl halides is 2. The molecular weight excluding hydrogens is 394 g/mol. The van der Waals surface area contributed by atoms with Crippen LogP contribution in [0.5, 0.6) is 0 Å². The number of nitrogens with zero attached hydrogens (tertiary/aromatic N) is 1. The van der Waals surface area contributed by atoms with E-state index < -0.39 is 29.2 Å². The zero-order valence-electron chi connectivity index (χ0n) is 14.9. The molecule has 0 spiro atoms. The number of anilines is 1. The van der Waals surface area contributed by atoms with Gasteiger partial charge in [-0.15, -0.1) is 0 Å². The minimum atomic E-state index is -2.72. The highest BCUT2D eigenvalue weighted by atomic mass is 32.2. The fraction of sp³-hybridized carbons (Fsp3) is 0.222. The molecule has 0 unspecified atom stereocenters. The van der Waals surface area contributed by atoms with E-state index in [-0.39, 0.29) is 33.6 Å². The number of aryl methyl sites for hydroxylation is 1. The average Bonchev–Trinajstić information content (AvgIpc) is 2.63. The second-order valence-corrected chi connectivity index (χ2v) is 6.69. The molecule has 0 heterocycles. The number of amides is 1. The lowest BCUT2D eigenvalue weighted by atomic mass is 10.1.